The molecule has 0 heterocycles. The maximum Gasteiger partial charge on any atom is 0.416 e. The molecule has 0 amide bonds. The van der Waals surface area contributed by atoms with Crippen molar-refractivity contribution in [3.8, 4) is 0 Å². The predicted octanol–water partition coefficient (Wildman–Crippen LogP) is 6.02. The van der Waals surface area contributed by atoms with E-state index in [1.54, 1.807) is 36.4 Å². The van der Waals surface area contributed by atoms with Gasteiger partial charge in [0.25, 0.3) is 5.69 Å². The van der Waals surface area contributed by atoms with Crippen LogP contribution in [0.15, 0.2) is 78.9 Å². The van der Waals surface area contributed by atoms with Gasteiger partial charge in [-0.1, -0.05) is 60.7 Å². The molecule has 0 aliphatic carbocycles. The van der Waals surface area contributed by atoms with Gasteiger partial charge >= 0.3 is 6.18 Å². The monoisotopic (exact) mass is 399 g/mol. The van der Waals surface area contributed by atoms with Crippen LogP contribution in [0.4, 0.5) is 18.9 Å². The van der Waals surface area contributed by atoms with E-state index in [0.717, 1.165) is 12.1 Å². The van der Waals surface area contributed by atoms with Crippen LogP contribution >= 0.6 is 0 Å². The van der Waals surface area contributed by atoms with E-state index in [1.165, 1.54) is 30.3 Å². The van der Waals surface area contributed by atoms with Gasteiger partial charge in [0.1, 0.15) is 0 Å². The van der Waals surface area contributed by atoms with E-state index in [4.69, 9.17) is 0 Å². The van der Waals surface area contributed by atoms with Gasteiger partial charge in [0.15, 0.2) is 5.78 Å². The molecule has 7 heteroatoms. The van der Waals surface area contributed by atoms with Crippen molar-refractivity contribution in [1.29, 1.82) is 0 Å². The molecule has 0 spiro atoms. The number of carbonyl (C=O) groups is 1. The standard InChI is InChI=1S/C22H16F3NO3/c23-22(24,25)17-12-10-15(11-13-17)19(14-21(27)16-6-2-1-3-7-16)18-8-4-5-9-20(18)26(28)29/h1-13,19H,14H2. The van der Waals surface area contributed by atoms with Crippen molar-refractivity contribution in [1.82, 2.24) is 0 Å². The summed E-state index contributed by atoms with van der Waals surface area (Å²) < 4.78 is 38.7. The first kappa shape index (κ1) is 20.3. The summed E-state index contributed by atoms with van der Waals surface area (Å²) in [6.45, 7) is 0. The lowest BCUT2D eigenvalue weighted by Gasteiger charge is -2.18. The SMILES string of the molecule is O=C(CC(c1ccc(C(F)(F)F)cc1)c1ccccc1[N+](=O)[O-])c1ccccc1. The van der Waals surface area contributed by atoms with Crippen LogP contribution in [0.1, 0.15) is 39.4 Å². The second kappa shape index (κ2) is 8.26. The Labute approximate surface area is 164 Å². The Bertz CT molecular complexity index is 1020. The molecule has 3 aromatic carbocycles. The highest BCUT2D eigenvalue weighted by atomic mass is 19.4. The van der Waals surface area contributed by atoms with Crippen LogP contribution < -0.4 is 0 Å². The highest BCUT2D eigenvalue weighted by molar-refractivity contribution is 5.96. The number of para-hydroxylation sites is 1. The summed E-state index contributed by atoms with van der Waals surface area (Å²) in [5, 5.41) is 11.5. The van der Waals surface area contributed by atoms with Crippen molar-refractivity contribution < 1.29 is 22.9 Å². The lowest BCUT2D eigenvalue weighted by Crippen LogP contribution is -2.12. The second-order valence-electron chi connectivity index (χ2n) is 6.48. The largest absolute Gasteiger partial charge is 0.416 e. The smallest absolute Gasteiger partial charge is 0.294 e. The van der Waals surface area contributed by atoms with E-state index in [-0.39, 0.29) is 23.5 Å². The highest BCUT2D eigenvalue weighted by Crippen LogP contribution is 2.37. The van der Waals surface area contributed by atoms with Gasteiger partial charge < -0.3 is 0 Å². The van der Waals surface area contributed by atoms with Crippen molar-refractivity contribution in [3.05, 3.63) is 111 Å². The van der Waals surface area contributed by atoms with Gasteiger partial charge in [-0.25, -0.2) is 0 Å². The first-order valence-electron chi connectivity index (χ1n) is 8.76. The van der Waals surface area contributed by atoms with Crippen LogP contribution in [0.5, 0.6) is 0 Å². The van der Waals surface area contributed by atoms with Crippen LogP contribution in [0.2, 0.25) is 0 Å². The molecule has 3 aromatic rings. The van der Waals surface area contributed by atoms with Crippen molar-refractivity contribution in [2.75, 3.05) is 0 Å². The fraction of sp³-hybridized carbons (Fsp3) is 0.136. The van der Waals surface area contributed by atoms with E-state index >= 15 is 0 Å². The number of hydrogen-bond donors (Lipinski definition) is 0. The molecule has 0 bridgehead atoms. The van der Waals surface area contributed by atoms with Crippen molar-refractivity contribution in [2.45, 2.75) is 18.5 Å². The molecule has 0 saturated heterocycles. The maximum absolute atomic E-state index is 12.9. The zero-order chi connectivity index (χ0) is 21.0. The molecule has 0 aliphatic heterocycles. The molecular formula is C22H16F3NO3. The summed E-state index contributed by atoms with van der Waals surface area (Å²) in [4.78, 5) is 23.7. The molecular weight excluding hydrogens is 383 g/mol. The molecule has 148 valence electrons. The first-order valence-corrected chi connectivity index (χ1v) is 8.76. The number of nitro benzene ring substituents is 1. The molecule has 0 aromatic heterocycles. The zero-order valence-electron chi connectivity index (χ0n) is 15.1. The zero-order valence-corrected chi connectivity index (χ0v) is 15.1. The van der Waals surface area contributed by atoms with E-state index in [2.05, 4.69) is 0 Å². The number of rotatable bonds is 6. The summed E-state index contributed by atoms with van der Waals surface area (Å²) >= 11 is 0. The molecule has 0 fully saturated rings. The summed E-state index contributed by atoms with van der Waals surface area (Å²) in [5.74, 6) is -1.01. The highest BCUT2D eigenvalue weighted by Gasteiger charge is 2.31. The van der Waals surface area contributed by atoms with Gasteiger partial charge in [-0.2, -0.15) is 13.2 Å². The second-order valence-corrected chi connectivity index (χ2v) is 6.48. The Morgan fingerprint density at radius 2 is 1.48 bits per heavy atom. The molecule has 0 radical (unpaired) electrons. The van der Waals surface area contributed by atoms with E-state index in [1.807, 2.05) is 0 Å². The minimum atomic E-state index is -4.49. The van der Waals surface area contributed by atoms with Gasteiger partial charge in [-0.05, 0) is 17.7 Å². The van der Waals surface area contributed by atoms with Crippen LogP contribution in [0.3, 0.4) is 0 Å². The van der Waals surface area contributed by atoms with Crippen LogP contribution in [-0.2, 0) is 6.18 Å². The number of nitro groups is 1. The number of nitrogens with zero attached hydrogens (tertiary/aromatic N) is 1. The molecule has 0 saturated carbocycles. The Morgan fingerprint density at radius 3 is 2.07 bits per heavy atom. The molecule has 3 rings (SSSR count). The minimum absolute atomic E-state index is 0.111. The Morgan fingerprint density at radius 1 is 0.897 bits per heavy atom. The third-order valence-corrected chi connectivity index (χ3v) is 4.63. The van der Waals surface area contributed by atoms with E-state index in [9.17, 15) is 28.1 Å². The predicted molar refractivity (Wildman–Crippen MR) is 102 cm³/mol. The third kappa shape index (κ3) is 4.68. The molecule has 0 aliphatic rings. The minimum Gasteiger partial charge on any atom is -0.294 e. The van der Waals surface area contributed by atoms with Crippen LogP contribution in [-0.4, -0.2) is 10.7 Å². The molecule has 0 N–H and O–H groups in total. The Balaban J connectivity index is 2.05. The summed E-state index contributed by atoms with van der Waals surface area (Å²) in [6, 6.07) is 18.7. The summed E-state index contributed by atoms with van der Waals surface area (Å²) in [5.41, 5.74) is 0.108. The lowest BCUT2D eigenvalue weighted by atomic mass is 9.84. The number of hydrogen-bond acceptors (Lipinski definition) is 3. The maximum atomic E-state index is 12.9. The van der Waals surface area contributed by atoms with Crippen LogP contribution in [0, 0.1) is 10.1 Å². The van der Waals surface area contributed by atoms with Crippen molar-refractivity contribution in [2.24, 2.45) is 0 Å². The molecule has 1 unspecified atom stereocenters. The first-order chi connectivity index (χ1) is 13.8. The Kier molecular flexibility index (Phi) is 5.77. The van der Waals surface area contributed by atoms with Gasteiger partial charge in [0, 0.05) is 29.5 Å². The quantitative estimate of drug-likeness (QED) is 0.289. The third-order valence-electron chi connectivity index (χ3n) is 4.63. The Hall–Kier alpha value is -3.48. The number of benzene rings is 3. The van der Waals surface area contributed by atoms with Gasteiger partial charge in [0.05, 0.1) is 10.5 Å². The topological polar surface area (TPSA) is 60.2 Å². The van der Waals surface area contributed by atoms with Gasteiger partial charge in [0.2, 0.25) is 0 Å². The number of carbonyl (C=O) groups excluding carboxylic acids is 1. The number of alkyl halides is 3. The van der Waals surface area contributed by atoms with Crippen molar-refractivity contribution >= 4 is 11.5 Å². The normalized spacial score (nSPS) is 12.4. The molecule has 4 nitrogen and oxygen atoms in total. The van der Waals surface area contributed by atoms with E-state index < -0.39 is 22.6 Å². The van der Waals surface area contributed by atoms with Gasteiger partial charge in [-0.3, -0.25) is 14.9 Å². The average molecular weight is 399 g/mol. The number of Topliss-reactive ketones (excluding diaryl/α,β-unsaturated/α-hetero) is 1. The average Bonchev–Trinajstić information content (AvgIpc) is 2.72. The van der Waals surface area contributed by atoms with Crippen LogP contribution in [0.25, 0.3) is 0 Å². The molecule has 1 atom stereocenters. The fourth-order valence-corrected chi connectivity index (χ4v) is 3.19. The summed E-state index contributed by atoms with van der Waals surface area (Å²) in [7, 11) is 0. The summed E-state index contributed by atoms with van der Waals surface area (Å²) in [6.07, 6.45) is -4.60. The van der Waals surface area contributed by atoms with E-state index in [0.29, 0.717) is 11.1 Å². The fourth-order valence-electron chi connectivity index (χ4n) is 3.19. The van der Waals surface area contributed by atoms with Gasteiger partial charge in [-0.15, -0.1) is 0 Å². The van der Waals surface area contributed by atoms with Crippen molar-refractivity contribution in [3.63, 3.8) is 0 Å². The number of halogens is 3. The lowest BCUT2D eigenvalue weighted by molar-refractivity contribution is -0.385. The number of ketones is 1. The molecule has 29 heavy (non-hydrogen) atoms.